The van der Waals surface area contributed by atoms with Crippen LogP contribution in [0.1, 0.15) is 107 Å². The van der Waals surface area contributed by atoms with Crippen LogP contribution in [-0.2, 0) is 6.42 Å². The summed E-state index contributed by atoms with van der Waals surface area (Å²) in [6, 6.07) is 17.0. The summed E-state index contributed by atoms with van der Waals surface area (Å²) in [5.74, 6) is 0. The van der Waals surface area contributed by atoms with Crippen LogP contribution < -0.4 is 0 Å². The Labute approximate surface area is 205 Å². The lowest BCUT2D eigenvalue weighted by atomic mass is 10.0. The first kappa shape index (κ1) is 25.6. The fourth-order valence-electron chi connectivity index (χ4n) is 4.35. The van der Waals surface area contributed by atoms with Crippen molar-refractivity contribution in [3.63, 3.8) is 0 Å². The summed E-state index contributed by atoms with van der Waals surface area (Å²) in [6.07, 6.45) is 22.9. The van der Waals surface area contributed by atoms with E-state index in [0.29, 0.717) is 0 Å². The first-order chi connectivity index (χ1) is 16.3. The summed E-state index contributed by atoms with van der Waals surface area (Å²) in [4.78, 5) is 9.23. The lowest BCUT2D eigenvalue weighted by molar-refractivity contribution is 0.535. The zero-order valence-corrected chi connectivity index (χ0v) is 21.4. The summed E-state index contributed by atoms with van der Waals surface area (Å²) in [7, 11) is 0. The van der Waals surface area contributed by atoms with Crippen molar-refractivity contribution >= 4 is 33.5 Å². The van der Waals surface area contributed by atoms with Crippen molar-refractivity contribution in [2.45, 2.75) is 103 Å². The number of thiazole rings is 1. The Balaban J connectivity index is 1.20. The zero-order chi connectivity index (χ0) is 23.0. The molecular formula is C30H42N2S. The molecule has 3 rings (SSSR count). The van der Waals surface area contributed by atoms with E-state index in [-0.39, 0.29) is 0 Å². The summed E-state index contributed by atoms with van der Waals surface area (Å²) >= 11 is 1.69. The second-order valence-corrected chi connectivity index (χ2v) is 10.4. The minimum Gasteiger partial charge on any atom is -0.254 e. The quantitative estimate of drug-likeness (QED) is 0.145. The average molecular weight is 463 g/mol. The Hall–Kier alpha value is -2.00. The third-order valence-corrected chi connectivity index (χ3v) is 7.36. The van der Waals surface area contributed by atoms with Crippen LogP contribution in [0.3, 0.4) is 0 Å². The van der Waals surface area contributed by atoms with Crippen LogP contribution in [0.2, 0.25) is 0 Å². The molecule has 0 atom stereocenters. The van der Waals surface area contributed by atoms with Gasteiger partial charge >= 0.3 is 0 Å². The predicted molar refractivity (Wildman–Crippen MR) is 147 cm³/mol. The predicted octanol–water partition coefficient (Wildman–Crippen LogP) is 10.1. The van der Waals surface area contributed by atoms with E-state index < -0.39 is 0 Å². The highest BCUT2D eigenvalue weighted by Crippen LogP contribution is 2.21. The molecule has 33 heavy (non-hydrogen) atoms. The van der Waals surface area contributed by atoms with Gasteiger partial charge in [0.1, 0.15) is 5.01 Å². The van der Waals surface area contributed by atoms with Gasteiger partial charge in [-0.3, -0.25) is 4.99 Å². The van der Waals surface area contributed by atoms with Crippen molar-refractivity contribution in [2.75, 3.05) is 0 Å². The van der Waals surface area contributed by atoms with Crippen molar-refractivity contribution in [3.05, 3.63) is 59.1 Å². The summed E-state index contributed by atoms with van der Waals surface area (Å²) in [6.45, 7) is 2.29. The molecule has 1 heterocycles. The van der Waals surface area contributed by atoms with Crippen LogP contribution in [-0.4, -0.2) is 11.2 Å². The van der Waals surface area contributed by atoms with Crippen molar-refractivity contribution in [2.24, 2.45) is 4.99 Å². The number of unbranched alkanes of at least 4 members (excludes halogenated alkanes) is 13. The fourth-order valence-corrected chi connectivity index (χ4v) is 5.19. The second kappa shape index (κ2) is 15.8. The van der Waals surface area contributed by atoms with E-state index >= 15 is 0 Å². The van der Waals surface area contributed by atoms with Gasteiger partial charge in [0.15, 0.2) is 0 Å². The first-order valence-electron chi connectivity index (χ1n) is 13.3. The minimum absolute atomic E-state index is 0.961. The normalized spacial score (nSPS) is 11.7. The molecule has 178 valence electrons. The number of aliphatic imine (C=N–C) groups is 1. The number of rotatable bonds is 17. The molecule has 3 aromatic rings. The van der Waals surface area contributed by atoms with Gasteiger partial charge in [0, 0.05) is 0 Å². The number of para-hydroxylation sites is 1. The molecule has 0 saturated carbocycles. The van der Waals surface area contributed by atoms with E-state index in [1.54, 1.807) is 11.3 Å². The molecule has 0 aliphatic heterocycles. The van der Waals surface area contributed by atoms with Crippen LogP contribution in [0.5, 0.6) is 0 Å². The molecule has 0 bridgehead atoms. The maximum Gasteiger partial charge on any atom is 0.135 e. The van der Waals surface area contributed by atoms with Gasteiger partial charge in [0.25, 0.3) is 0 Å². The Morgan fingerprint density at radius 1 is 0.697 bits per heavy atom. The van der Waals surface area contributed by atoms with E-state index in [1.807, 2.05) is 12.3 Å². The number of aromatic nitrogens is 1. The number of fused-ring (bicyclic) bond motifs is 1. The van der Waals surface area contributed by atoms with Crippen LogP contribution in [0.25, 0.3) is 10.2 Å². The van der Waals surface area contributed by atoms with Gasteiger partial charge < -0.3 is 0 Å². The molecule has 0 fully saturated rings. The molecular weight excluding hydrogens is 420 g/mol. The zero-order valence-electron chi connectivity index (χ0n) is 20.6. The molecule has 0 amide bonds. The monoisotopic (exact) mass is 462 g/mol. The lowest BCUT2D eigenvalue weighted by Crippen LogP contribution is -1.86. The standard InChI is InChI=1S/C30H42N2S/c1-2-3-4-5-6-7-8-9-10-11-12-13-14-15-18-26-21-23-27(24-22-26)31-25-30-32-28-19-16-17-20-29(28)33-30/h16-17,19-25H,2-15,18H2,1H3. The SMILES string of the molecule is CCCCCCCCCCCCCCCCc1ccc(N=Cc2nc3ccccc3s2)cc1. The molecule has 3 heteroatoms. The minimum atomic E-state index is 0.961. The maximum atomic E-state index is 4.62. The van der Waals surface area contributed by atoms with Gasteiger partial charge in [0.2, 0.25) is 0 Å². The van der Waals surface area contributed by atoms with E-state index in [2.05, 4.69) is 59.4 Å². The van der Waals surface area contributed by atoms with Gasteiger partial charge in [-0.2, -0.15) is 0 Å². The molecule has 2 aromatic carbocycles. The van der Waals surface area contributed by atoms with Crippen molar-refractivity contribution in [1.82, 2.24) is 4.98 Å². The molecule has 0 spiro atoms. The van der Waals surface area contributed by atoms with E-state index in [0.717, 1.165) is 16.2 Å². The van der Waals surface area contributed by atoms with Gasteiger partial charge in [-0.1, -0.05) is 115 Å². The molecule has 0 saturated heterocycles. The lowest BCUT2D eigenvalue weighted by Gasteiger charge is -2.04. The van der Waals surface area contributed by atoms with Crippen LogP contribution in [0.15, 0.2) is 53.5 Å². The summed E-state index contributed by atoms with van der Waals surface area (Å²) < 4.78 is 1.21. The fraction of sp³-hybridized carbons (Fsp3) is 0.533. The molecule has 0 aliphatic carbocycles. The van der Waals surface area contributed by atoms with E-state index in [4.69, 9.17) is 0 Å². The van der Waals surface area contributed by atoms with Crippen molar-refractivity contribution in [3.8, 4) is 0 Å². The van der Waals surface area contributed by atoms with Crippen LogP contribution >= 0.6 is 11.3 Å². The highest BCUT2D eigenvalue weighted by atomic mass is 32.1. The molecule has 0 aliphatic rings. The van der Waals surface area contributed by atoms with Crippen molar-refractivity contribution in [1.29, 1.82) is 0 Å². The smallest absolute Gasteiger partial charge is 0.135 e. The van der Waals surface area contributed by atoms with E-state index in [1.165, 1.54) is 107 Å². The first-order valence-corrected chi connectivity index (χ1v) is 14.2. The van der Waals surface area contributed by atoms with Gasteiger partial charge in [-0.05, 0) is 42.7 Å². The Morgan fingerprint density at radius 3 is 1.88 bits per heavy atom. The number of benzene rings is 2. The number of nitrogens with zero attached hydrogens (tertiary/aromatic N) is 2. The Morgan fingerprint density at radius 2 is 1.27 bits per heavy atom. The third kappa shape index (κ3) is 10.2. The average Bonchev–Trinajstić information content (AvgIpc) is 3.27. The summed E-state index contributed by atoms with van der Waals surface area (Å²) in [5.41, 5.74) is 3.47. The maximum absolute atomic E-state index is 4.62. The van der Waals surface area contributed by atoms with Gasteiger partial charge in [-0.25, -0.2) is 4.98 Å². The molecule has 0 N–H and O–H groups in total. The van der Waals surface area contributed by atoms with Crippen molar-refractivity contribution < 1.29 is 0 Å². The largest absolute Gasteiger partial charge is 0.254 e. The number of hydrogen-bond donors (Lipinski definition) is 0. The molecule has 1 aromatic heterocycles. The molecule has 0 radical (unpaired) electrons. The van der Waals surface area contributed by atoms with Gasteiger partial charge in [0.05, 0.1) is 22.1 Å². The van der Waals surface area contributed by atoms with Crippen LogP contribution in [0.4, 0.5) is 5.69 Å². The second-order valence-electron chi connectivity index (χ2n) is 9.29. The van der Waals surface area contributed by atoms with Gasteiger partial charge in [-0.15, -0.1) is 11.3 Å². The summed E-state index contributed by atoms with van der Waals surface area (Å²) in [5, 5.41) is 0.961. The highest BCUT2D eigenvalue weighted by molar-refractivity contribution is 7.20. The van der Waals surface area contributed by atoms with E-state index in [9.17, 15) is 0 Å². The Kier molecular flexibility index (Phi) is 12.2. The van der Waals surface area contributed by atoms with Crippen LogP contribution in [0, 0.1) is 0 Å². The topological polar surface area (TPSA) is 25.2 Å². The molecule has 2 nitrogen and oxygen atoms in total. The highest BCUT2D eigenvalue weighted by Gasteiger charge is 2.00. The molecule has 0 unspecified atom stereocenters. The Bertz CT molecular complexity index is 893. The number of hydrogen-bond acceptors (Lipinski definition) is 3. The third-order valence-electron chi connectivity index (χ3n) is 6.39. The number of aryl methyl sites for hydroxylation is 1.